The number of hydrogen-bond acceptors (Lipinski definition) is 3. The van der Waals surface area contributed by atoms with E-state index in [0.717, 1.165) is 0 Å². The predicted octanol–water partition coefficient (Wildman–Crippen LogP) is 2.47. The number of hydrogen-bond donors (Lipinski definition) is 0. The third-order valence-corrected chi connectivity index (χ3v) is 2.00. The van der Waals surface area contributed by atoms with E-state index >= 15 is 0 Å². The van der Waals surface area contributed by atoms with Gasteiger partial charge in [-0.1, -0.05) is 36.4 Å². The molecule has 0 aliphatic rings. The molecule has 0 aliphatic heterocycles. The number of esters is 1. The molecule has 0 unspecified atom stereocenters. The van der Waals surface area contributed by atoms with E-state index in [0.29, 0.717) is 11.5 Å². The third-order valence-electron chi connectivity index (χ3n) is 2.00. The fraction of sp³-hybridized carbons (Fsp3) is 0.0714. The fourth-order valence-electron chi connectivity index (χ4n) is 1.25. The van der Waals surface area contributed by atoms with E-state index in [1.165, 1.54) is 0 Å². The molecule has 17 heavy (non-hydrogen) atoms. The first kappa shape index (κ1) is 11.2. The van der Waals surface area contributed by atoms with Crippen LogP contribution in [-0.2, 0) is 4.79 Å². The van der Waals surface area contributed by atoms with Crippen molar-refractivity contribution in [3.8, 4) is 11.5 Å². The molecule has 0 N–H and O–H groups in total. The average molecular weight is 227 g/mol. The van der Waals surface area contributed by atoms with Crippen molar-refractivity contribution in [2.45, 2.75) is 0 Å². The minimum absolute atomic E-state index is 0.130. The zero-order chi connectivity index (χ0) is 11.9. The Balaban J connectivity index is 1.83. The van der Waals surface area contributed by atoms with E-state index in [2.05, 4.69) is 6.07 Å². The first-order valence-electron chi connectivity index (χ1n) is 5.20. The third kappa shape index (κ3) is 3.65. The lowest BCUT2D eigenvalue weighted by atomic mass is 10.3. The van der Waals surface area contributed by atoms with Crippen LogP contribution in [0.25, 0.3) is 0 Å². The molecule has 3 nitrogen and oxygen atoms in total. The molecule has 0 fully saturated rings. The SMILES string of the molecule is O=C(COc1[c]cccc1)Oc1ccccc1. The molecular weight excluding hydrogens is 216 g/mol. The van der Waals surface area contributed by atoms with Gasteiger partial charge in [0.05, 0.1) is 0 Å². The van der Waals surface area contributed by atoms with Gasteiger partial charge in [0.15, 0.2) is 6.61 Å². The Morgan fingerprint density at radius 1 is 1.06 bits per heavy atom. The van der Waals surface area contributed by atoms with Gasteiger partial charge in [0.2, 0.25) is 0 Å². The van der Waals surface area contributed by atoms with Crippen molar-refractivity contribution in [2.24, 2.45) is 0 Å². The Kier molecular flexibility index (Phi) is 3.76. The van der Waals surface area contributed by atoms with Crippen LogP contribution in [0, 0.1) is 6.07 Å². The molecule has 2 aromatic rings. The standard InChI is InChI=1S/C14H11O3/c15-14(17-13-9-5-2-6-10-13)11-16-12-7-3-1-4-8-12/h1-7,9-10H,11H2. The van der Waals surface area contributed by atoms with Gasteiger partial charge in [-0.2, -0.15) is 0 Å². The van der Waals surface area contributed by atoms with Crippen molar-refractivity contribution in [1.29, 1.82) is 0 Å². The quantitative estimate of drug-likeness (QED) is 0.594. The van der Waals surface area contributed by atoms with Crippen LogP contribution >= 0.6 is 0 Å². The molecule has 0 saturated heterocycles. The summed E-state index contributed by atoms with van der Waals surface area (Å²) in [7, 11) is 0. The van der Waals surface area contributed by atoms with Crippen LogP contribution in [0.3, 0.4) is 0 Å². The minimum atomic E-state index is -0.437. The number of ether oxygens (including phenoxy) is 2. The summed E-state index contributed by atoms with van der Waals surface area (Å²) in [6.45, 7) is -0.130. The van der Waals surface area contributed by atoms with Crippen molar-refractivity contribution >= 4 is 5.97 Å². The highest BCUT2D eigenvalue weighted by Crippen LogP contribution is 2.10. The molecule has 2 aromatic carbocycles. The lowest BCUT2D eigenvalue weighted by Gasteiger charge is -2.05. The lowest BCUT2D eigenvalue weighted by molar-refractivity contribution is -0.136. The molecular formula is C14H11O3. The molecule has 0 atom stereocenters. The molecule has 0 bridgehead atoms. The maximum absolute atomic E-state index is 11.4. The topological polar surface area (TPSA) is 35.5 Å². The van der Waals surface area contributed by atoms with E-state index < -0.39 is 5.97 Å². The number of para-hydroxylation sites is 2. The monoisotopic (exact) mass is 227 g/mol. The van der Waals surface area contributed by atoms with Crippen LogP contribution in [0.2, 0.25) is 0 Å². The summed E-state index contributed by atoms with van der Waals surface area (Å²) < 4.78 is 10.3. The second kappa shape index (κ2) is 5.70. The van der Waals surface area contributed by atoms with E-state index in [9.17, 15) is 4.79 Å². The Hall–Kier alpha value is -2.29. The van der Waals surface area contributed by atoms with Gasteiger partial charge in [0.25, 0.3) is 0 Å². The molecule has 1 radical (unpaired) electrons. The van der Waals surface area contributed by atoms with Gasteiger partial charge >= 0.3 is 5.97 Å². The zero-order valence-electron chi connectivity index (χ0n) is 9.13. The van der Waals surface area contributed by atoms with E-state index in [1.54, 1.807) is 36.4 Å². The number of carbonyl (C=O) groups is 1. The van der Waals surface area contributed by atoms with Gasteiger partial charge in [-0.25, -0.2) is 4.79 Å². The Morgan fingerprint density at radius 3 is 2.53 bits per heavy atom. The highest BCUT2D eigenvalue weighted by atomic mass is 16.6. The molecule has 85 valence electrons. The van der Waals surface area contributed by atoms with Crippen molar-refractivity contribution in [3.05, 3.63) is 60.7 Å². The largest absolute Gasteiger partial charge is 0.481 e. The molecule has 0 saturated carbocycles. The molecule has 0 spiro atoms. The molecule has 3 heteroatoms. The average Bonchev–Trinajstić information content (AvgIpc) is 2.39. The second-order valence-electron chi connectivity index (χ2n) is 3.30. The fourth-order valence-corrected chi connectivity index (χ4v) is 1.25. The number of rotatable bonds is 4. The normalized spacial score (nSPS) is 9.65. The molecule has 0 heterocycles. The Morgan fingerprint density at radius 2 is 1.82 bits per heavy atom. The van der Waals surface area contributed by atoms with Crippen LogP contribution in [0.5, 0.6) is 11.5 Å². The van der Waals surface area contributed by atoms with Crippen molar-refractivity contribution in [1.82, 2.24) is 0 Å². The maximum atomic E-state index is 11.4. The second-order valence-corrected chi connectivity index (χ2v) is 3.30. The summed E-state index contributed by atoms with van der Waals surface area (Å²) >= 11 is 0. The van der Waals surface area contributed by atoms with Crippen molar-refractivity contribution in [3.63, 3.8) is 0 Å². The van der Waals surface area contributed by atoms with Crippen molar-refractivity contribution < 1.29 is 14.3 Å². The van der Waals surface area contributed by atoms with Crippen LogP contribution in [-0.4, -0.2) is 12.6 Å². The molecule has 0 aliphatic carbocycles. The predicted molar refractivity (Wildman–Crippen MR) is 62.9 cm³/mol. The Labute approximate surface area is 99.6 Å². The van der Waals surface area contributed by atoms with Crippen LogP contribution < -0.4 is 9.47 Å². The van der Waals surface area contributed by atoms with Gasteiger partial charge in [-0.05, 0) is 18.2 Å². The van der Waals surface area contributed by atoms with Gasteiger partial charge in [-0.3, -0.25) is 0 Å². The summed E-state index contributed by atoms with van der Waals surface area (Å²) in [6, 6.07) is 18.8. The van der Waals surface area contributed by atoms with Crippen LogP contribution in [0.4, 0.5) is 0 Å². The van der Waals surface area contributed by atoms with E-state index in [-0.39, 0.29) is 6.61 Å². The summed E-state index contributed by atoms with van der Waals surface area (Å²) in [5.41, 5.74) is 0. The maximum Gasteiger partial charge on any atom is 0.349 e. The van der Waals surface area contributed by atoms with Crippen molar-refractivity contribution in [2.75, 3.05) is 6.61 Å². The van der Waals surface area contributed by atoms with Gasteiger partial charge < -0.3 is 9.47 Å². The highest BCUT2D eigenvalue weighted by molar-refractivity contribution is 5.73. The summed E-state index contributed by atoms with van der Waals surface area (Å²) in [5.74, 6) is 0.601. The number of benzene rings is 2. The van der Waals surface area contributed by atoms with Gasteiger partial charge in [0, 0.05) is 6.07 Å². The van der Waals surface area contributed by atoms with Gasteiger partial charge in [-0.15, -0.1) is 0 Å². The smallest absolute Gasteiger partial charge is 0.349 e. The molecule has 0 aromatic heterocycles. The molecule has 0 amide bonds. The zero-order valence-corrected chi connectivity index (χ0v) is 9.13. The van der Waals surface area contributed by atoms with Gasteiger partial charge in [0.1, 0.15) is 11.5 Å². The van der Waals surface area contributed by atoms with E-state index in [1.807, 2.05) is 18.2 Å². The molecule has 2 rings (SSSR count). The first-order chi connectivity index (χ1) is 8.34. The summed E-state index contributed by atoms with van der Waals surface area (Å²) in [6.07, 6.45) is 0. The Bertz CT molecular complexity index is 465. The lowest BCUT2D eigenvalue weighted by Crippen LogP contribution is -2.17. The highest BCUT2D eigenvalue weighted by Gasteiger charge is 2.05. The first-order valence-corrected chi connectivity index (χ1v) is 5.20. The summed E-state index contributed by atoms with van der Waals surface area (Å²) in [4.78, 5) is 11.4. The van der Waals surface area contributed by atoms with Crippen LogP contribution in [0.15, 0.2) is 54.6 Å². The summed E-state index contributed by atoms with van der Waals surface area (Å²) in [5, 5.41) is 0. The van der Waals surface area contributed by atoms with Crippen LogP contribution in [0.1, 0.15) is 0 Å². The number of carbonyl (C=O) groups excluding carboxylic acids is 1. The van der Waals surface area contributed by atoms with E-state index in [4.69, 9.17) is 9.47 Å². The minimum Gasteiger partial charge on any atom is -0.481 e.